The Morgan fingerprint density at radius 2 is 2.08 bits per heavy atom. The molecule has 1 aromatic carbocycles. The van der Waals surface area contributed by atoms with Gasteiger partial charge in [-0.15, -0.1) is 11.3 Å². The van der Waals surface area contributed by atoms with Gasteiger partial charge in [-0.3, -0.25) is 4.68 Å². The predicted molar refractivity (Wildman–Crippen MR) is 105 cm³/mol. The maximum atomic E-state index is 12.6. The second-order valence-corrected chi connectivity index (χ2v) is 8.12. The number of fused-ring (bicyclic) bond motifs is 1. The molecular weight excluding hydrogens is 346 g/mol. The van der Waals surface area contributed by atoms with Gasteiger partial charge in [0.25, 0.3) is 0 Å². The average Bonchev–Trinajstić information content (AvgIpc) is 3.09. The molecule has 26 heavy (non-hydrogen) atoms. The molecule has 0 fully saturated rings. The second kappa shape index (κ2) is 7.07. The Hall–Kier alpha value is -2.41. The molecular formula is C19H25N5OS. The number of thiazole rings is 1. The van der Waals surface area contributed by atoms with E-state index in [0.29, 0.717) is 6.54 Å². The maximum Gasteiger partial charge on any atom is 0.318 e. The van der Waals surface area contributed by atoms with Crippen LogP contribution in [0.2, 0.25) is 0 Å². The number of rotatable bonds is 4. The van der Waals surface area contributed by atoms with Crippen molar-refractivity contribution in [3.05, 3.63) is 45.0 Å². The summed E-state index contributed by atoms with van der Waals surface area (Å²) in [7, 11) is 3.72. The zero-order valence-corrected chi connectivity index (χ0v) is 16.9. The van der Waals surface area contributed by atoms with Crippen LogP contribution in [0, 0.1) is 20.8 Å². The molecule has 2 aromatic heterocycles. The van der Waals surface area contributed by atoms with Crippen molar-refractivity contribution in [3.8, 4) is 0 Å². The zero-order chi connectivity index (χ0) is 19.0. The number of urea groups is 1. The van der Waals surface area contributed by atoms with Crippen molar-refractivity contribution in [3.63, 3.8) is 0 Å². The van der Waals surface area contributed by atoms with E-state index in [1.165, 1.54) is 5.56 Å². The first-order chi connectivity index (χ1) is 12.3. The van der Waals surface area contributed by atoms with Gasteiger partial charge < -0.3 is 10.2 Å². The van der Waals surface area contributed by atoms with E-state index >= 15 is 0 Å². The molecule has 0 aliphatic rings. The Balaban J connectivity index is 1.72. The lowest BCUT2D eigenvalue weighted by Crippen LogP contribution is -2.38. The van der Waals surface area contributed by atoms with Crippen LogP contribution in [0.3, 0.4) is 0 Å². The summed E-state index contributed by atoms with van der Waals surface area (Å²) in [6.45, 7) is 8.49. The van der Waals surface area contributed by atoms with Gasteiger partial charge in [0, 0.05) is 24.4 Å². The highest BCUT2D eigenvalue weighted by Gasteiger charge is 2.22. The number of carbonyl (C=O) groups excluding carboxylic acids is 1. The van der Waals surface area contributed by atoms with Gasteiger partial charge in [0.2, 0.25) is 0 Å². The summed E-state index contributed by atoms with van der Waals surface area (Å²) in [4.78, 5) is 20.0. The molecule has 0 aliphatic heterocycles. The van der Waals surface area contributed by atoms with Crippen LogP contribution in [0.5, 0.6) is 0 Å². The summed E-state index contributed by atoms with van der Waals surface area (Å²) in [6, 6.07) is 6.03. The van der Waals surface area contributed by atoms with Crippen molar-refractivity contribution in [2.45, 2.75) is 40.3 Å². The Morgan fingerprint density at radius 1 is 1.35 bits per heavy atom. The Morgan fingerprint density at radius 3 is 2.73 bits per heavy atom. The number of amides is 2. The first-order valence-electron chi connectivity index (χ1n) is 8.64. The fourth-order valence-electron chi connectivity index (χ4n) is 3.16. The first kappa shape index (κ1) is 18.4. The fraction of sp³-hybridized carbons (Fsp3) is 0.421. The minimum Gasteiger partial charge on any atom is -0.332 e. The highest BCUT2D eigenvalue weighted by Crippen LogP contribution is 2.26. The lowest BCUT2D eigenvalue weighted by atomic mass is 10.1. The normalized spacial score (nSPS) is 12.4. The van der Waals surface area contributed by atoms with E-state index in [1.54, 1.807) is 23.3 Å². The van der Waals surface area contributed by atoms with Gasteiger partial charge in [0.15, 0.2) is 0 Å². The highest BCUT2D eigenvalue weighted by atomic mass is 32.1. The summed E-state index contributed by atoms with van der Waals surface area (Å²) in [5, 5.41) is 9.64. The van der Waals surface area contributed by atoms with Crippen molar-refractivity contribution in [2.24, 2.45) is 7.05 Å². The molecule has 1 unspecified atom stereocenters. The number of hydrogen-bond acceptors (Lipinski definition) is 4. The molecule has 1 N–H and O–H groups in total. The Labute approximate surface area is 157 Å². The van der Waals surface area contributed by atoms with E-state index in [9.17, 15) is 4.79 Å². The molecule has 1 atom stereocenters. The Kier molecular flexibility index (Phi) is 5.00. The molecule has 0 saturated heterocycles. The van der Waals surface area contributed by atoms with Crippen LogP contribution in [0.25, 0.3) is 10.9 Å². The zero-order valence-electron chi connectivity index (χ0n) is 16.1. The molecule has 6 nitrogen and oxygen atoms in total. The van der Waals surface area contributed by atoms with Crippen molar-refractivity contribution in [1.82, 2.24) is 25.0 Å². The number of aryl methyl sites for hydroxylation is 4. The standard InChI is InChI=1S/C19H25N5OS/c1-11-7-8-17-15(9-11)16(22-24(17)6)10-20-19(25)23(5)12(2)18-13(3)26-14(4)21-18/h7-9,12H,10H2,1-6H3,(H,20,25). The molecule has 138 valence electrons. The number of nitrogens with zero attached hydrogens (tertiary/aromatic N) is 4. The van der Waals surface area contributed by atoms with Crippen molar-refractivity contribution >= 4 is 28.3 Å². The molecule has 0 bridgehead atoms. The van der Waals surface area contributed by atoms with Gasteiger partial charge in [-0.2, -0.15) is 5.10 Å². The number of nitrogens with one attached hydrogen (secondary N) is 1. The van der Waals surface area contributed by atoms with Gasteiger partial charge in [-0.25, -0.2) is 9.78 Å². The van der Waals surface area contributed by atoms with E-state index in [2.05, 4.69) is 40.5 Å². The van der Waals surface area contributed by atoms with Crippen LogP contribution in [0.15, 0.2) is 18.2 Å². The van der Waals surface area contributed by atoms with Crippen molar-refractivity contribution in [1.29, 1.82) is 0 Å². The van der Waals surface area contributed by atoms with E-state index < -0.39 is 0 Å². The van der Waals surface area contributed by atoms with Crippen LogP contribution in [-0.4, -0.2) is 32.7 Å². The SMILES string of the molecule is Cc1ccc2c(c1)c(CNC(=O)N(C)C(C)c1nc(C)sc1C)nn2C. The molecule has 0 saturated carbocycles. The number of aromatic nitrogens is 3. The van der Waals surface area contributed by atoms with Crippen LogP contribution < -0.4 is 5.32 Å². The largest absolute Gasteiger partial charge is 0.332 e. The minimum absolute atomic E-state index is 0.0809. The fourth-order valence-corrected chi connectivity index (χ4v) is 4.07. The van der Waals surface area contributed by atoms with Gasteiger partial charge >= 0.3 is 6.03 Å². The van der Waals surface area contributed by atoms with E-state index in [4.69, 9.17) is 0 Å². The molecule has 0 aliphatic carbocycles. The smallest absolute Gasteiger partial charge is 0.318 e. The first-order valence-corrected chi connectivity index (χ1v) is 9.46. The third-order valence-corrected chi connectivity index (χ3v) is 5.63. The molecule has 2 amide bonds. The topological polar surface area (TPSA) is 63.1 Å². The molecule has 3 aromatic rings. The average molecular weight is 372 g/mol. The lowest BCUT2D eigenvalue weighted by Gasteiger charge is -2.24. The molecule has 7 heteroatoms. The highest BCUT2D eigenvalue weighted by molar-refractivity contribution is 7.11. The summed E-state index contributed by atoms with van der Waals surface area (Å²) >= 11 is 1.66. The van der Waals surface area contributed by atoms with E-state index in [1.807, 2.05) is 32.5 Å². The van der Waals surface area contributed by atoms with Gasteiger partial charge in [-0.05, 0) is 39.8 Å². The van der Waals surface area contributed by atoms with Crippen LogP contribution >= 0.6 is 11.3 Å². The van der Waals surface area contributed by atoms with Crippen molar-refractivity contribution in [2.75, 3.05) is 7.05 Å². The molecule has 3 rings (SSSR count). The molecule has 0 spiro atoms. The second-order valence-electron chi connectivity index (χ2n) is 6.71. The monoisotopic (exact) mass is 371 g/mol. The summed E-state index contributed by atoms with van der Waals surface area (Å²) in [5.41, 5.74) is 4.08. The predicted octanol–water partition coefficient (Wildman–Crippen LogP) is 3.86. The van der Waals surface area contributed by atoms with E-state index in [-0.39, 0.29) is 12.1 Å². The number of benzene rings is 1. The van der Waals surface area contributed by atoms with Crippen LogP contribution in [0.4, 0.5) is 4.79 Å². The third kappa shape index (κ3) is 3.44. The summed E-state index contributed by atoms with van der Waals surface area (Å²) in [6.07, 6.45) is 0. The maximum absolute atomic E-state index is 12.6. The summed E-state index contributed by atoms with van der Waals surface area (Å²) in [5.74, 6) is 0. The quantitative estimate of drug-likeness (QED) is 0.757. The van der Waals surface area contributed by atoms with Crippen LogP contribution in [-0.2, 0) is 13.6 Å². The van der Waals surface area contributed by atoms with Gasteiger partial charge in [-0.1, -0.05) is 11.6 Å². The van der Waals surface area contributed by atoms with Gasteiger partial charge in [0.05, 0.1) is 34.5 Å². The minimum atomic E-state index is -0.131. The van der Waals surface area contributed by atoms with Gasteiger partial charge in [0.1, 0.15) is 0 Å². The number of hydrogen-bond donors (Lipinski definition) is 1. The third-order valence-electron chi connectivity index (χ3n) is 4.73. The number of carbonyl (C=O) groups is 1. The Bertz CT molecular complexity index is 958. The van der Waals surface area contributed by atoms with Crippen molar-refractivity contribution < 1.29 is 4.79 Å². The molecule has 0 radical (unpaired) electrons. The lowest BCUT2D eigenvalue weighted by molar-refractivity contribution is 0.193. The van der Waals surface area contributed by atoms with Crippen LogP contribution in [0.1, 0.15) is 39.8 Å². The summed E-state index contributed by atoms with van der Waals surface area (Å²) < 4.78 is 1.85. The molecule has 2 heterocycles. The van der Waals surface area contributed by atoms with E-state index in [0.717, 1.165) is 32.2 Å².